The smallest absolute Gasteiger partial charge is 0.418 e. The molecule has 13 heteroatoms. The predicted molar refractivity (Wildman–Crippen MR) is 115 cm³/mol. The Morgan fingerprint density at radius 3 is 2.34 bits per heavy atom. The van der Waals surface area contributed by atoms with Gasteiger partial charge >= 0.3 is 12.1 Å². The van der Waals surface area contributed by atoms with Crippen LogP contribution in [0.15, 0.2) is 59.2 Å². The summed E-state index contributed by atoms with van der Waals surface area (Å²) in [5.41, 5.74) is -3.59. The fourth-order valence-electron chi connectivity index (χ4n) is 2.94. The van der Waals surface area contributed by atoms with Crippen molar-refractivity contribution in [2.45, 2.75) is 13.1 Å². The first-order chi connectivity index (χ1) is 16.5. The Labute approximate surface area is 194 Å². The number of halogens is 3. The van der Waals surface area contributed by atoms with Gasteiger partial charge in [-0.2, -0.15) is 13.2 Å². The molecule has 2 amide bonds. The summed E-state index contributed by atoms with van der Waals surface area (Å²) in [6.45, 7) is 1.46. The molecule has 2 N–H and O–H groups in total. The molecule has 1 heterocycles. The first-order valence-electron chi connectivity index (χ1n) is 9.83. The Kier molecular flexibility index (Phi) is 7.18. The number of benzene rings is 2. The summed E-state index contributed by atoms with van der Waals surface area (Å²) in [4.78, 5) is 47.1. The third-order valence-electron chi connectivity index (χ3n) is 4.48. The van der Waals surface area contributed by atoms with E-state index >= 15 is 0 Å². The zero-order chi connectivity index (χ0) is 25.8. The van der Waals surface area contributed by atoms with Crippen molar-refractivity contribution < 1.29 is 41.6 Å². The van der Waals surface area contributed by atoms with E-state index in [1.807, 2.05) is 5.32 Å². The van der Waals surface area contributed by atoms with Crippen molar-refractivity contribution in [3.8, 4) is 0 Å². The summed E-state index contributed by atoms with van der Waals surface area (Å²) >= 11 is 0. The quantitative estimate of drug-likeness (QED) is 0.272. The van der Waals surface area contributed by atoms with Crippen LogP contribution >= 0.6 is 0 Å². The molecule has 0 saturated carbocycles. The highest BCUT2D eigenvalue weighted by atomic mass is 19.4. The van der Waals surface area contributed by atoms with E-state index in [9.17, 15) is 37.7 Å². The lowest BCUT2D eigenvalue weighted by atomic mass is 10.1. The van der Waals surface area contributed by atoms with Crippen LogP contribution in [0, 0.1) is 10.1 Å². The van der Waals surface area contributed by atoms with Crippen molar-refractivity contribution in [1.82, 2.24) is 0 Å². The van der Waals surface area contributed by atoms with Crippen LogP contribution in [0.4, 0.5) is 30.2 Å². The molecule has 0 radical (unpaired) electrons. The van der Waals surface area contributed by atoms with Crippen molar-refractivity contribution in [3.63, 3.8) is 0 Å². The number of alkyl halides is 3. The fourth-order valence-corrected chi connectivity index (χ4v) is 2.94. The number of esters is 1. The van der Waals surface area contributed by atoms with E-state index in [0.717, 1.165) is 30.3 Å². The molecular weight excluding hydrogens is 475 g/mol. The predicted octanol–water partition coefficient (Wildman–Crippen LogP) is 4.89. The molecule has 3 rings (SSSR count). The zero-order valence-electron chi connectivity index (χ0n) is 17.8. The molecule has 0 spiro atoms. The summed E-state index contributed by atoms with van der Waals surface area (Å²) in [5, 5.41) is 15.5. The van der Waals surface area contributed by atoms with E-state index in [2.05, 4.69) is 5.32 Å². The Morgan fingerprint density at radius 1 is 1.03 bits per heavy atom. The number of furan rings is 1. The van der Waals surface area contributed by atoms with Crippen LogP contribution in [0.1, 0.15) is 43.8 Å². The molecule has 182 valence electrons. The highest BCUT2D eigenvalue weighted by Crippen LogP contribution is 2.37. The summed E-state index contributed by atoms with van der Waals surface area (Å²) in [5.74, 6) is -3.00. The number of ether oxygens (including phenoxy) is 1. The van der Waals surface area contributed by atoms with Gasteiger partial charge in [0.2, 0.25) is 0 Å². The van der Waals surface area contributed by atoms with Crippen LogP contribution in [0.3, 0.4) is 0 Å². The van der Waals surface area contributed by atoms with Gasteiger partial charge in [-0.05, 0) is 43.3 Å². The minimum absolute atomic E-state index is 0.0409. The highest BCUT2D eigenvalue weighted by Gasteiger charge is 2.35. The monoisotopic (exact) mass is 491 g/mol. The molecule has 3 aromatic rings. The average Bonchev–Trinajstić information content (AvgIpc) is 3.34. The number of nitrogens with zero attached hydrogens (tertiary/aromatic N) is 1. The molecule has 0 unspecified atom stereocenters. The minimum atomic E-state index is -4.94. The summed E-state index contributed by atoms with van der Waals surface area (Å²) in [6.07, 6.45) is -3.72. The van der Waals surface area contributed by atoms with Gasteiger partial charge in [0.15, 0.2) is 5.76 Å². The summed E-state index contributed by atoms with van der Waals surface area (Å²) < 4.78 is 50.7. The SMILES string of the molecule is CCOC(=O)c1cc(C(=O)Nc2ccc(NC(=O)c3ccco3)cc2C(F)(F)F)cc([N+](=O)[O-])c1. The van der Waals surface area contributed by atoms with Gasteiger partial charge in [-0.15, -0.1) is 0 Å². The number of rotatable bonds is 7. The molecule has 0 bridgehead atoms. The first-order valence-corrected chi connectivity index (χ1v) is 9.83. The van der Waals surface area contributed by atoms with E-state index in [1.165, 1.54) is 25.3 Å². The van der Waals surface area contributed by atoms with E-state index in [1.54, 1.807) is 0 Å². The van der Waals surface area contributed by atoms with Crippen molar-refractivity contribution >= 4 is 34.8 Å². The Hall–Kier alpha value is -4.68. The number of carbonyl (C=O) groups is 3. The van der Waals surface area contributed by atoms with E-state index in [-0.39, 0.29) is 23.6 Å². The molecule has 1 aromatic heterocycles. The Bertz CT molecular complexity index is 1290. The highest BCUT2D eigenvalue weighted by molar-refractivity contribution is 6.07. The second-order valence-electron chi connectivity index (χ2n) is 6.89. The van der Waals surface area contributed by atoms with Crippen molar-refractivity contribution in [1.29, 1.82) is 0 Å². The largest absolute Gasteiger partial charge is 0.462 e. The van der Waals surface area contributed by atoms with Gasteiger partial charge in [0, 0.05) is 23.4 Å². The lowest BCUT2D eigenvalue weighted by Crippen LogP contribution is -2.18. The van der Waals surface area contributed by atoms with Gasteiger partial charge in [-0.3, -0.25) is 19.7 Å². The second kappa shape index (κ2) is 10.1. The molecule has 0 aliphatic carbocycles. The van der Waals surface area contributed by atoms with E-state index in [0.29, 0.717) is 6.07 Å². The van der Waals surface area contributed by atoms with Crippen molar-refractivity contribution in [2.24, 2.45) is 0 Å². The number of anilines is 2. The van der Waals surface area contributed by atoms with Gasteiger partial charge in [-0.1, -0.05) is 0 Å². The maximum absolute atomic E-state index is 13.7. The molecule has 2 aromatic carbocycles. The number of nitrogens with one attached hydrogen (secondary N) is 2. The molecule has 0 aliphatic rings. The van der Waals surface area contributed by atoms with Gasteiger partial charge in [0.05, 0.1) is 34.6 Å². The molecule has 0 atom stereocenters. The third-order valence-corrected chi connectivity index (χ3v) is 4.48. The van der Waals surface area contributed by atoms with Gasteiger partial charge in [-0.25, -0.2) is 4.79 Å². The van der Waals surface area contributed by atoms with E-state index in [4.69, 9.17) is 9.15 Å². The third kappa shape index (κ3) is 6.01. The number of nitro groups is 1. The maximum atomic E-state index is 13.7. The van der Waals surface area contributed by atoms with Crippen LogP contribution in [0.5, 0.6) is 0 Å². The number of amides is 2. The van der Waals surface area contributed by atoms with Crippen molar-refractivity contribution in [3.05, 3.63) is 87.4 Å². The van der Waals surface area contributed by atoms with Crippen LogP contribution in [0.2, 0.25) is 0 Å². The molecule has 35 heavy (non-hydrogen) atoms. The lowest BCUT2D eigenvalue weighted by Gasteiger charge is -2.16. The summed E-state index contributed by atoms with van der Waals surface area (Å²) in [7, 11) is 0. The zero-order valence-corrected chi connectivity index (χ0v) is 17.8. The van der Waals surface area contributed by atoms with Crippen molar-refractivity contribution in [2.75, 3.05) is 17.2 Å². The number of nitro benzene ring substituents is 1. The van der Waals surface area contributed by atoms with Crippen LogP contribution in [-0.4, -0.2) is 29.3 Å². The standard InChI is InChI=1S/C22H16F3N3O7/c1-2-34-21(31)13-8-12(9-15(10-13)28(32)33)19(29)27-17-6-5-14(11-16(17)22(23,24)25)26-20(30)18-4-3-7-35-18/h3-11H,2H2,1H3,(H,26,30)(H,27,29). The van der Waals surface area contributed by atoms with Gasteiger partial charge in [0.25, 0.3) is 17.5 Å². The number of non-ortho nitro benzene ring substituents is 1. The number of hydrogen-bond acceptors (Lipinski definition) is 7. The number of carbonyl (C=O) groups excluding carboxylic acids is 3. The number of hydrogen-bond donors (Lipinski definition) is 2. The molecule has 0 fully saturated rings. The second-order valence-corrected chi connectivity index (χ2v) is 6.89. The molecule has 10 nitrogen and oxygen atoms in total. The normalized spacial score (nSPS) is 11.0. The fraction of sp³-hybridized carbons (Fsp3) is 0.136. The lowest BCUT2D eigenvalue weighted by molar-refractivity contribution is -0.384. The van der Waals surface area contributed by atoms with Crippen LogP contribution in [0.25, 0.3) is 0 Å². The molecular formula is C22H16F3N3O7. The summed E-state index contributed by atoms with van der Waals surface area (Å²) in [6, 6.07) is 8.02. The average molecular weight is 491 g/mol. The van der Waals surface area contributed by atoms with Gasteiger partial charge < -0.3 is 19.8 Å². The molecule has 0 saturated heterocycles. The van der Waals surface area contributed by atoms with Gasteiger partial charge in [0.1, 0.15) is 0 Å². The van der Waals surface area contributed by atoms with E-state index < -0.39 is 51.4 Å². The van der Waals surface area contributed by atoms with Crippen LogP contribution in [-0.2, 0) is 10.9 Å². The molecule has 0 aliphatic heterocycles. The Morgan fingerprint density at radius 2 is 1.74 bits per heavy atom. The Balaban J connectivity index is 1.92. The van der Waals surface area contributed by atoms with Crippen LogP contribution < -0.4 is 10.6 Å². The topological polar surface area (TPSA) is 141 Å². The minimum Gasteiger partial charge on any atom is -0.462 e. The maximum Gasteiger partial charge on any atom is 0.418 e. The first kappa shape index (κ1) is 25.0.